The fourth-order valence-corrected chi connectivity index (χ4v) is 1.32. The Labute approximate surface area is 129 Å². The Morgan fingerprint density at radius 3 is 1.41 bits per heavy atom. The molecule has 0 aromatic heterocycles. The molecule has 0 atom stereocenters. The molecule has 0 aliphatic rings. The number of aliphatic carboxylic acids is 2. The molecule has 0 aromatic rings. The highest BCUT2D eigenvalue weighted by molar-refractivity contribution is 5.92. The van der Waals surface area contributed by atoms with Crippen LogP contribution in [-0.4, -0.2) is 47.3 Å². The number of esters is 2. The van der Waals surface area contributed by atoms with Crippen molar-refractivity contribution in [2.45, 2.75) is 40.5 Å². The van der Waals surface area contributed by atoms with Gasteiger partial charge in [0.1, 0.15) is 6.42 Å². The molecule has 0 radical (unpaired) electrons. The summed E-state index contributed by atoms with van der Waals surface area (Å²) < 4.78 is 9.04. The second-order valence-electron chi connectivity index (χ2n) is 4.65. The standard InChI is InChI=1S/2C7H12O4/c1-4(2)3-5(6(8)9)7(10)11;1-3-10-6(8)5-7(9)11-4-2/h4-5H,3H2,1-2H3,(H,8,9)(H,10,11);3-5H2,1-2H3. The molecule has 2 N–H and O–H groups in total. The van der Waals surface area contributed by atoms with Gasteiger partial charge in [-0.1, -0.05) is 13.8 Å². The molecule has 0 aliphatic carbocycles. The topological polar surface area (TPSA) is 127 Å². The number of hydrogen-bond donors (Lipinski definition) is 2. The van der Waals surface area contributed by atoms with Gasteiger partial charge >= 0.3 is 23.9 Å². The van der Waals surface area contributed by atoms with Gasteiger partial charge in [-0.05, 0) is 26.2 Å². The van der Waals surface area contributed by atoms with E-state index in [0.29, 0.717) is 0 Å². The average Bonchev–Trinajstić information content (AvgIpc) is 2.36. The molecule has 0 amide bonds. The Bertz CT molecular complexity index is 345. The van der Waals surface area contributed by atoms with Crippen LogP contribution in [0.4, 0.5) is 0 Å². The first-order chi connectivity index (χ1) is 10.1. The first-order valence-electron chi connectivity index (χ1n) is 6.92. The van der Waals surface area contributed by atoms with Crippen molar-refractivity contribution < 1.29 is 38.9 Å². The molecule has 0 saturated carbocycles. The van der Waals surface area contributed by atoms with Crippen molar-refractivity contribution in [3.63, 3.8) is 0 Å². The van der Waals surface area contributed by atoms with E-state index in [1.807, 2.05) is 0 Å². The van der Waals surface area contributed by atoms with E-state index in [4.69, 9.17) is 10.2 Å². The normalized spacial score (nSPS) is 9.73. The molecular weight excluding hydrogens is 296 g/mol. The average molecular weight is 320 g/mol. The summed E-state index contributed by atoms with van der Waals surface area (Å²) in [6.07, 6.45) is -0.105. The predicted octanol–water partition coefficient (Wildman–Crippen LogP) is 1.32. The monoisotopic (exact) mass is 320 g/mol. The second kappa shape index (κ2) is 12.6. The Hall–Kier alpha value is -2.12. The first-order valence-corrected chi connectivity index (χ1v) is 6.92. The number of carboxylic acid groups (broad SMARTS) is 2. The summed E-state index contributed by atoms with van der Waals surface area (Å²) in [6, 6.07) is 0. The molecule has 0 fully saturated rings. The van der Waals surface area contributed by atoms with Gasteiger partial charge in [-0.2, -0.15) is 0 Å². The third-order valence-corrected chi connectivity index (χ3v) is 2.20. The first kappa shape index (κ1) is 22.2. The van der Waals surface area contributed by atoms with Crippen LogP contribution >= 0.6 is 0 Å². The molecular formula is C14H24O8. The number of carbonyl (C=O) groups is 4. The van der Waals surface area contributed by atoms with Gasteiger partial charge in [-0.3, -0.25) is 19.2 Å². The lowest BCUT2D eigenvalue weighted by Gasteiger charge is -2.08. The highest BCUT2D eigenvalue weighted by atomic mass is 16.6. The molecule has 0 spiro atoms. The molecule has 0 heterocycles. The molecule has 0 aromatic carbocycles. The maximum absolute atomic E-state index is 10.6. The molecule has 0 bridgehead atoms. The van der Waals surface area contributed by atoms with Crippen LogP contribution in [0.2, 0.25) is 0 Å². The summed E-state index contributed by atoms with van der Waals surface area (Å²) >= 11 is 0. The maximum Gasteiger partial charge on any atom is 0.317 e. The van der Waals surface area contributed by atoms with E-state index in [1.54, 1.807) is 27.7 Å². The van der Waals surface area contributed by atoms with Crippen molar-refractivity contribution >= 4 is 23.9 Å². The lowest BCUT2D eigenvalue weighted by Crippen LogP contribution is -2.24. The van der Waals surface area contributed by atoms with E-state index in [0.717, 1.165) is 0 Å². The van der Waals surface area contributed by atoms with E-state index in [-0.39, 0.29) is 32.0 Å². The van der Waals surface area contributed by atoms with Gasteiger partial charge in [0.2, 0.25) is 0 Å². The SMILES string of the molecule is CC(C)CC(C(=O)O)C(=O)O.CCOC(=O)CC(=O)OCC. The largest absolute Gasteiger partial charge is 0.481 e. The Kier molecular flexibility index (Phi) is 12.7. The van der Waals surface area contributed by atoms with E-state index < -0.39 is 29.8 Å². The van der Waals surface area contributed by atoms with Crippen LogP contribution < -0.4 is 0 Å². The minimum atomic E-state index is -1.26. The maximum atomic E-state index is 10.6. The number of carboxylic acids is 2. The summed E-state index contributed by atoms with van der Waals surface area (Å²) in [5.74, 6) is -4.75. The zero-order valence-corrected chi connectivity index (χ0v) is 13.3. The van der Waals surface area contributed by atoms with Gasteiger partial charge < -0.3 is 19.7 Å². The molecule has 0 unspecified atom stereocenters. The molecule has 128 valence electrons. The van der Waals surface area contributed by atoms with Crippen molar-refractivity contribution in [2.24, 2.45) is 11.8 Å². The summed E-state index contributed by atoms with van der Waals surface area (Å²) in [4.78, 5) is 41.8. The van der Waals surface area contributed by atoms with Crippen LogP contribution in [0.3, 0.4) is 0 Å². The lowest BCUT2D eigenvalue weighted by atomic mass is 9.98. The van der Waals surface area contributed by atoms with Gasteiger partial charge in [-0.15, -0.1) is 0 Å². The minimum Gasteiger partial charge on any atom is -0.481 e. The van der Waals surface area contributed by atoms with Crippen molar-refractivity contribution in [2.75, 3.05) is 13.2 Å². The lowest BCUT2D eigenvalue weighted by molar-refractivity contribution is -0.156. The van der Waals surface area contributed by atoms with E-state index in [1.165, 1.54) is 0 Å². The zero-order chi connectivity index (χ0) is 17.7. The van der Waals surface area contributed by atoms with Crippen LogP contribution in [0.1, 0.15) is 40.5 Å². The molecule has 0 rings (SSSR count). The van der Waals surface area contributed by atoms with Crippen molar-refractivity contribution in [3.05, 3.63) is 0 Å². The van der Waals surface area contributed by atoms with Gasteiger partial charge in [0.05, 0.1) is 13.2 Å². The van der Waals surface area contributed by atoms with Crippen LogP contribution in [0.25, 0.3) is 0 Å². The molecule has 8 nitrogen and oxygen atoms in total. The van der Waals surface area contributed by atoms with Gasteiger partial charge in [0.25, 0.3) is 0 Å². The Morgan fingerprint density at radius 1 is 0.864 bits per heavy atom. The Morgan fingerprint density at radius 2 is 1.23 bits per heavy atom. The van der Waals surface area contributed by atoms with E-state index in [9.17, 15) is 19.2 Å². The smallest absolute Gasteiger partial charge is 0.317 e. The Balaban J connectivity index is 0. The molecule has 0 aliphatic heterocycles. The van der Waals surface area contributed by atoms with Gasteiger partial charge in [-0.25, -0.2) is 0 Å². The number of hydrogen-bond acceptors (Lipinski definition) is 6. The zero-order valence-electron chi connectivity index (χ0n) is 13.3. The summed E-state index contributed by atoms with van der Waals surface area (Å²) in [5.41, 5.74) is 0. The van der Waals surface area contributed by atoms with Crippen molar-refractivity contribution in [3.8, 4) is 0 Å². The van der Waals surface area contributed by atoms with Crippen molar-refractivity contribution in [1.82, 2.24) is 0 Å². The molecule has 8 heteroatoms. The highest BCUT2D eigenvalue weighted by Crippen LogP contribution is 2.11. The fourth-order valence-electron chi connectivity index (χ4n) is 1.32. The second-order valence-corrected chi connectivity index (χ2v) is 4.65. The molecule has 22 heavy (non-hydrogen) atoms. The third kappa shape index (κ3) is 12.9. The summed E-state index contributed by atoms with van der Waals surface area (Å²) in [6.45, 7) is 7.53. The number of carbonyl (C=O) groups excluding carboxylic acids is 2. The van der Waals surface area contributed by atoms with Crippen LogP contribution in [0.5, 0.6) is 0 Å². The van der Waals surface area contributed by atoms with Gasteiger partial charge in [0, 0.05) is 0 Å². The summed E-state index contributed by atoms with van der Waals surface area (Å²) in [7, 11) is 0. The van der Waals surface area contributed by atoms with Crippen LogP contribution in [0, 0.1) is 11.8 Å². The number of rotatable bonds is 8. The quantitative estimate of drug-likeness (QED) is 0.506. The highest BCUT2D eigenvalue weighted by Gasteiger charge is 2.26. The van der Waals surface area contributed by atoms with Crippen molar-refractivity contribution in [1.29, 1.82) is 0 Å². The minimum absolute atomic E-state index is 0.0900. The number of ether oxygens (including phenoxy) is 2. The third-order valence-electron chi connectivity index (χ3n) is 2.20. The fraction of sp³-hybridized carbons (Fsp3) is 0.714. The van der Waals surface area contributed by atoms with Crippen LogP contribution in [0.15, 0.2) is 0 Å². The van der Waals surface area contributed by atoms with E-state index in [2.05, 4.69) is 9.47 Å². The predicted molar refractivity (Wildman–Crippen MR) is 76.1 cm³/mol. The summed E-state index contributed by atoms with van der Waals surface area (Å²) in [5, 5.41) is 16.8. The van der Waals surface area contributed by atoms with Gasteiger partial charge in [0.15, 0.2) is 5.92 Å². The van der Waals surface area contributed by atoms with E-state index >= 15 is 0 Å². The van der Waals surface area contributed by atoms with Crippen LogP contribution in [-0.2, 0) is 28.7 Å². The molecule has 0 saturated heterocycles.